The van der Waals surface area contributed by atoms with Crippen LogP contribution in [-0.2, 0) is 5.41 Å². The molecule has 0 unspecified atom stereocenters. The van der Waals surface area contributed by atoms with Gasteiger partial charge in [0.1, 0.15) is 0 Å². The number of unbranched alkanes of at least 4 members (excludes halogenated alkanes) is 2. The van der Waals surface area contributed by atoms with E-state index in [0.29, 0.717) is 5.41 Å². The lowest BCUT2D eigenvalue weighted by Gasteiger charge is -2.35. The van der Waals surface area contributed by atoms with Crippen molar-refractivity contribution in [1.82, 2.24) is 0 Å². The van der Waals surface area contributed by atoms with E-state index in [0.717, 1.165) is 0 Å². The van der Waals surface area contributed by atoms with Crippen molar-refractivity contribution in [2.24, 2.45) is 5.41 Å². The zero-order chi connectivity index (χ0) is 13.6. The highest BCUT2D eigenvalue weighted by Gasteiger charge is 2.29. The van der Waals surface area contributed by atoms with Gasteiger partial charge in [0, 0.05) is 0 Å². The lowest BCUT2D eigenvalue weighted by Crippen LogP contribution is -2.26. The SMILES string of the molecule is CCCCCC(C)(C)CC(C)(C)c1cc[c]cc1. The first-order valence-corrected chi connectivity index (χ1v) is 7.34. The molecule has 1 aromatic rings. The molecule has 0 spiro atoms. The lowest BCUT2D eigenvalue weighted by atomic mass is 9.69. The Bertz CT molecular complexity index is 332. The van der Waals surface area contributed by atoms with Crippen LogP contribution in [0.15, 0.2) is 24.3 Å². The molecule has 0 saturated heterocycles. The zero-order valence-corrected chi connectivity index (χ0v) is 12.8. The predicted octanol–water partition coefficient (Wildman–Crippen LogP) is 5.76. The minimum atomic E-state index is 0.255. The molecule has 0 aliphatic rings. The van der Waals surface area contributed by atoms with Crippen molar-refractivity contribution in [3.8, 4) is 0 Å². The van der Waals surface area contributed by atoms with Gasteiger partial charge >= 0.3 is 0 Å². The molecule has 0 aliphatic carbocycles. The Balaban J connectivity index is 2.64. The normalized spacial score (nSPS) is 12.7. The summed E-state index contributed by atoms with van der Waals surface area (Å²) in [5.41, 5.74) is 2.12. The van der Waals surface area contributed by atoms with E-state index in [9.17, 15) is 0 Å². The molecular weight excluding hydrogens is 216 g/mol. The molecule has 1 aromatic carbocycles. The summed E-state index contributed by atoms with van der Waals surface area (Å²) in [5, 5.41) is 0. The summed E-state index contributed by atoms with van der Waals surface area (Å²) in [6.07, 6.45) is 6.62. The minimum Gasteiger partial charge on any atom is -0.0654 e. The van der Waals surface area contributed by atoms with Crippen molar-refractivity contribution >= 4 is 0 Å². The first kappa shape index (κ1) is 15.3. The van der Waals surface area contributed by atoms with Gasteiger partial charge in [-0.1, -0.05) is 78.1 Å². The quantitative estimate of drug-likeness (QED) is 0.536. The van der Waals surface area contributed by atoms with Crippen LogP contribution in [0.3, 0.4) is 0 Å². The average molecular weight is 245 g/mol. The molecule has 101 valence electrons. The Morgan fingerprint density at radius 3 is 2.17 bits per heavy atom. The van der Waals surface area contributed by atoms with Crippen molar-refractivity contribution in [1.29, 1.82) is 0 Å². The Morgan fingerprint density at radius 2 is 1.61 bits per heavy atom. The van der Waals surface area contributed by atoms with E-state index in [1.54, 1.807) is 0 Å². The topological polar surface area (TPSA) is 0 Å². The van der Waals surface area contributed by atoms with E-state index in [1.165, 1.54) is 37.7 Å². The number of benzene rings is 1. The molecular formula is C18H29. The van der Waals surface area contributed by atoms with E-state index < -0.39 is 0 Å². The van der Waals surface area contributed by atoms with Crippen LogP contribution in [0.4, 0.5) is 0 Å². The van der Waals surface area contributed by atoms with Crippen LogP contribution in [0, 0.1) is 11.5 Å². The minimum absolute atomic E-state index is 0.255. The van der Waals surface area contributed by atoms with Gasteiger partial charge < -0.3 is 0 Å². The molecule has 0 fully saturated rings. The summed E-state index contributed by atoms with van der Waals surface area (Å²) in [7, 11) is 0. The highest BCUT2D eigenvalue weighted by atomic mass is 14.3. The molecule has 0 nitrogen and oxygen atoms in total. The van der Waals surface area contributed by atoms with Gasteiger partial charge in [0.15, 0.2) is 0 Å². The van der Waals surface area contributed by atoms with E-state index in [2.05, 4.69) is 52.8 Å². The van der Waals surface area contributed by atoms with Gasteiger partial charge in [-0.05, 0) is 35.3 Å². The maximum absolute atomic E-state index is 3.11. The monoisotopic (exact) mass is 245 g/mol. The van der Waals surface area contributed by atoms with Crippen LogP contribution in [0.1, 0.15) is 72.3 Å². The second-order valence-corrected chi connectivity index (χ2v) is 6.97. The van der Waals surface area contributed by atoms with Crippen molar-refractivity contribution < 1.29 is 0 Å². The van der Waals surface area contributed by atoms with Gasteiger partial charge in [-0.25, -0.2) is 0 Å². The third-order valence-electron chi connectivity index (χ3n) is 3.88. The van der Waals surface area contributed by atoms with E-state index in [1.807, 2.05) is 12.1 Å². The summed E-state index contributed by atoms with van der Waals surface area (Å²) in [4.78, 5) is 0. The standard InChI is InChI=1S/C18H29/c1-6-7-11-14-17(2,3)15-18(4,5)16-12-9-8-10-13-16/h9-10,12-13H,6-7,11,14-15H2,1-5H3. The zero-order valence-electron chi connectivity index (χ0n) is 12.8. The van der Waals surface area contributed by atoms with E-state index in [4.69, 9.17) is 0 Å². The van der Waals surface area contributed by atoms with Crippen LogP contribution >= 0.6 is 0 Å². The van der Waals surface area contributed by atoms with Crippen LogP contribution in [0.5, 0.6) is 0 Å². The maximum atomic E-state index is 3.11. The molecule has 0 aromatic heterocycles. The summed E-state index contributed by atoms with van der Waals surface area (Å²) >= 11 is 0. The molecule has 0 aliphatic heterocycles. The van der Waals surface area contributed by atoms with Crippen molar-refractivity contribution in [3.63, 3.8) is 0 Å². The van der Waals surface area contributed by atoms with Gasteiger partial charge in [0.2, 0.25) is 0 Å². The fourth-order valence-corrected chi connectivity index (χ4v) is 3.08. The molecule has 0 heteroatoms. The second kappa shape index (κ2) is 6.41. The molecule has 0 N–H and O–H groups in total. The third-order valence-corrected chi connectivity index (χ3v) is 3.88. The molecule has 0 atom stereocenters. The van der Waals surface area contributed by atoms with Crippen LogP contribution in [0.25, 0.3) is 0 Å². The van der Waals surface area contributed by atoms with Crippen LogP contribution < -0.4 is 0 Å². The van der Waals surface area contributed by atoms with Crippen molar-refractivity contribution in [3.05, 3.63) is 35.9 Å². The molecule has 0 saturated carbocycles. The number of hydrogen-bond acceptors (Lipinski definition) is 0. The third kappa shape index (κ3) is 4.84. The fraction of sp³-hybridized carbons (Fsp3) is 0.667. The molecule has 1 rings (SSSR count). The fourth-order valence-electron chi connectivity index (χ4n) is 3.08. The summed E-state index contributed by atoms with van der Waals surface area (Å²) in [6, 6.07) is 11.6. The van der Waals surface area contributed by atoms with Crippen molar-refractivity contribution in [2.75, 3.05) is 0 Å². The van der Waals surface area contributed by atoms with Gasteiger partial charge in [-0.3, -0.25) is 0 Å². The van der Waals surface area contributed by atoms with Gasteiger partial charge in [0.05, 0.1) is 0 Å². The lowest BCUT2D eigenvalue weighted by molar-refractivity contribution is 0.232. The molecule has 0 bridgehead atoms. The largest absolute Gasteiger partial charge is 0.0654 e. The average Bonchev–Trinajstić information content (AvgIpc) is 2.29. The Hall–Kier alpha value is -0.780. The molecule has 0 amide bonds. The van der Waals surface area contributed by atoms with E-state index >= 15 is 0 Å². The van der Waals surface area contributed by atoms with Crippen LogP contribution in [-0.4, -0.2) is 0 Å². The molecule has 0 heterocycles. The summed E-state index contributed by atoms with van der Waals surface area (Å²) < 4.78 is 0. The predicted molar refractivity (Wildman–Crippen MR) is 80.8 cm³/mol. The van der Waals surface area contributed by atoms with Gasteiger partial charge in [-0.2, -0.15) is 0 Å². The Labute approximate surface area is 114 Å². The van der Waals surface area contributed by atoms with E-state index in [-0.39, 0.29) is 5.41 Å². The molecule has 1 radical (unpaired) electrons. The van der Waals surface area contributed by atoms with Gasteiger partial charge in [0.25, 0.3) is 0 Å². The number of rotatable bonds is 7. The first-order chi connectivity index (χ1) is 8.37. The van der Waals surface area contributed by atoms with Crippen molar-refractivity contribution in [2.45, 2.75) is 72.1 Å². The number of hydrogen-bond donors (Lipinski definition) is 0. The Kier molecular flexibility index (Phi) is 5.44. The highest BCUT2D eigenvalue weighted by Crippen LogP contribution is 2.39. The van der Waals surface area contributed by atoms with Crippen LogP contribution in [0.2, 0.25) is 0 Å². The summed E-state index contributed by atoms with van der Waals surface area (Å²) in [5.74, 6) is 0. The van der Waals surface area contributed by atoms with Gasteiger partial charge in [-0.15, -0.1) is 0 Å². The Morgan fingerprint density at radius 1 is 1.00 bits per heavy atom. The first-order valence-electron chi connectivity index (χ1n) is 7.34. The highest BCUT2D eigenvalue weighted by molar-refractivity contribution is 5.23. The molecule has 18 heavy (non-hydrogen) atoms. The smallest absolute Gasteiger partial charge is 0.00985 e. The second-order valence-electron chi connectivity index (χ2n) is 6.97. The maximum Gasteiger partial charge on any atom is -0.00985 e. The summed E-state index contributed by atoms with van der Waals surface area (Å²) in [6.45, 7) is 11.8.